The first-order valence-electron chi connectivity index (χ1n) is 10.6. The van der Waals surface area contributed by atoms with E-state index in [2.05, 4.69) is 4.72 Å². The zero-order valence-corrected chi connectivity index (χ0v) is 20.1. The number of rotatable bonds is 5. The lowest BCUT2D eigenvalue weighted by Crippen LogP contribution is -2.31. The molecule has 0 aliphatic heterocycles. The van der Waals surface area contributed by atoms with Crippen molar-refractivity contribution in [1.82, 2.24) is 4.72 Å². The Balaban J connectivity index is 1.92. The highest BCUT2D eigenvalue weighted by atomic mass is 32.2. The van der Waals surface area contributed by atoms with E-state index < -0.39 is 22.5 Å². The lowest BCUT2D eigenvalue weighted by Gasteiger charge is -2.20. The molecule has 0 radical (unpaired) electrons. The molecule has 0 fully saturated rings. The number of hydrogen-bond donors (Lipinski definition) is 2. The van der Waals surface area contributed by atoms with Crippen LogP contribution in [0.3, 0.4) is 0 Å². The van der Waals surface area contributed by atoms with Crippen molar-refractivity contribution in [3.63, 3.8) is 0 Å². The third-order valence-corrected chi connectivity index (χ3v) is 7.43. The quantitative estimate of drug-likeness (QED) is 0.674. The van der Waals surface area contributed by atoms with E-state index in [0.717, 1.165) is 22.3 Å². The molecule has 6 heteroatoms. The van der Waals surface area contributed by atoms with Crippen LogP contribution in [0.5, 0.6) is 0 Å². The third kappa shape index (κ3) is 4.60. The van der Waals surface area contributed by atoms with Crippen molar-refractivity contribution in [2.45, 2.75) is 82.6 Å². The van der Waals surface area contributed by atoms with E-state index in [1.165, 1.54) is 12.1 Å². The molecule has 2 aromatic rings. The van der Waals surface area contributed by atoms with E-state index >= 15 is 0 Å². The lowest BCUT2D eigenvalue weighted by atomic mass is 9.85. The molecule has 2 atom stereocenters. The highest BCUT2D eigenvalue weighted by Gasteiger charge is 2.43. The van der Waals surface area contributed by atoms with Gasteiger partial charge in [0.05, 0.1) is 16.4 Å². The Labute approximate surface area is 186 Å². The van der Waals surface area contributed by atoms with E-state index in [0.29, 0.717) is 16.9 Å². The molecule has 2 unspecified atom stereocenters. The minimum atomic E-state index is -1.73. The van der Waals surface area contributed by atoms with E-state index in [9.17, 15) is 18.5 Å². The zero-order chi connectivity index (χ0) is 23.3. The molecule has 1 amide bonds. The number of hydrogen-bond acceptors (Lipinski definition) is 3. The average Bonchev–Trinajstić information content (AvgIpc) is 2.91. The predicted octanol–water partition coefficient (Wildman–Crippen LogP) is 5.09. The van der Waals surface area contributed by atoms with Gasteiger partial charge in [-0.05, 0) is 84.5 Å². The van der Waals surface area contributed by atoms with Crippen molar-refractivity contribution >= 4 is 16.9 Å². The average molecular weight is 446 g/mol. The van der Waals surface area contributed by atoms with Crippen molar-refractivity contribution in [3.8, 4) is 0 Å². The first-order chi connectivity index (χ1) is 14.2. The maximum Gasteiger partial charge on any atom is 0.239 e. The third-order valence-electron chi connectivity index (χ3n) is 6.18. The summed E-state index contributed by atoms with van der Waals surface area (Å²) in [7, 11) is -1.73. The number of aliphatic hydroxyl groups is 1. The number of carbonyl (C=O) groups is 1. The molecule has 0 aromatic heterocycles. The Morgan fingerprint density at radius 3 is 2.45 bits per heavy atom. The van der Waals surface area contributed by atoms with Crippen molar-refractivity contribution in [1.29, 1.82) is 0 Å². The van der Waals surface area contributed by atoms with Crippen LogP contribution in [-0.2, 0) is 26.8 Å². The summed E-state index contributed by atoms with van der Waals surface area (Å²) in [4.78, 5) is 13.7. The van der Waals surface area contributed by atoms with Gasteiger partial charge < -0.3 is 5.11 Å². The van der Waals surface area contributed by atoms with Gasteiger partial charge in [0.25, 0.3) is 0 Å². The first-order valence-corrected chi connectivity index (χ1v) is 11.8. The maximum atomic E-state index is 14.3. The summed E-state index contributed by atoms with van der Waals surface area (Å²) in [6.45, 7) is 13.2. The summed E-state index contributed by atoms with van der Waals surface area (Å²) in [6.07, 6.45) is 0.533. The lowest BCUT2D eigenvalue weighted by molar-refractivity contribution is -0.120. The van der Waals surface area contributed by atoms with Crippen LogP contribution in [0, 0.1) is 12.7 Å². The Kier molecular flexibility index (Phi) is 6.20. The highest BCUT2D eigenvalue weighted by molar-refractivity contribution is 7.83. The summed E-state index contributed by atoms with van der Waals surface area (Å²) < 4.78 is 29.9. The second-order valence-electron chi connectivity index (χ2n) is 10.0. The van der Waals surface area contributed by atoms with E-state index in [-0.39, 0.29) is 23.1 Å². The predicted molar refractivity (Wildman–Crippen MR) is 122 cm³/mol. The Bertz CT molecular complexity index is 1050. The summed E-state index contributed by atoms with van der Waals surface area (Å²) in [5, 5.41) is 10.2. The van der Waals surface area contributed by atoms with Crippen LogP contribution in [0.1, 0.15) is 87.6 Å². The summed E-state index contributed by atoms with van der Waals surface area (Å²) >= 11 is 0. The molecule has 168 valence electrons. The molecule has 1 aliphatic carbocycles. The van der Waals surface area contributed by atoms with Gasteiger partial charge >= 0.3 is 0 Å². The van der Waals surface area contributed by atoms with E-state index in [1.807, 2.05) is 34.6 Å². The van der Waals surface area contributed by atoms with Gasteiger partial charge in [-0.15, -0.1) is 0 Å². The summed E-state index contributed by atoms with van der Waals surface area (Å²) in [5.41, 5.74) is 2.64. The normalized spacial score (nSPS) is 18.7. The monoisotopic (exact) mass is 445 g/mol. The molecule has 0 heterocycles. The minimum absolute atomic E-state index is 0.0655. The van der Waals surface area contributed by atoms with E-state index in [1.54, 1.807) is 32.0 Å². The van der Waals surface area contributed by atoms with Crippen LogP contribution in [0.15, 0.2) is 35.2 Å². The van der Waals surface area contributed by atoms with Crippen LogP contribution in [0.25, 0.3) is 0 Å². The number of halogens is 1. The molecule has 1 aliphatic rings. The molecule has 31 heavy (non-hydrogen) atoms. The van der Waals surface area contributed by atoms with Crippen LogP contribution >= 0.6 is 0 Å². The molecule has 2 aromatic carbocycles. The highest BCUT2D eigenvalue weighted by Crippen LogP contribution is 2.49. The van der Waals surface area contributed by atoms with Crippen molar-refractivity contribution in [3.05, 3.63) is 64.0 Å². The second-order valence-corrected chi connectivity index (χ2v) is 11.2. The fourth-order valence-electron chi connectivity index (χ4n) is 4.47. The smallest absolute Gasteiger partial charge is 0.239 e. The maximum absolute atomic E-state index is 14.3. The van der Waals surface area contributed by atoms with Crippen molar-refractivity contribution in [2.75, 3.05) is 0 Å². The van der Waals surface area contributed by atoms with Crippen molar-refractivity contribution in [2.24, 2.45) is 0 Å². The number of aryl methyl sites for hydroxylation is 1. The molecule has 3 rings (SSSR count). The van der Waals surface area contributed by atoms with Crippen molar-refractivity contribution < 1.29 is 18.5 Å². The molecular formula is C25H32FNO3S. The minimum Gasteiger partial charge on any atom is -0.386 e. The van der Waals surface area contributed by atoms with Gasteiger partial charge in [-0.25, -0.2) is 8.60 Å². The van der Waals surface area contributed by atoms with Gasteiger partial charge in [-0.2, -0.15) is 0 Å². The summed E-state index contributed by atoms with van der Waals surface area (Å²) in [5.74, 6) is -1.02. The Morgan fingerprint density at radius 1 is 1.26 bits per heavy atom. The number of fused-ring (bicyclic) bond motifs is 1. The molecule has 0 spiro atoms. The molecule has 0 saturated carbocycles. The standard InChI is InChI=1S/C25H32FNO3S/c1-14(2)18-11-17(26)12-20-22(18)19(13-24(20,4)5)23(28)27-31(30)21-9-8-16(10-15(21)3)25(6,7)29/h8-12,14,19,29H,13H2,1-7H3,(H,27,28). The van der Waals surface area contributed by atoms with Gasteiger partial charge in [0.2, 0.25) is 5.91 Å². The van der Waals surface area contributed by atoms with Gasteiger partial charge in [-0.3, -0.25) is 9.52 Å². The van der Waals surface area contributed by atoms with Gasteiger partial charge in [0.1, 0.15) is 5.82 Å². The SMILES string of the molecule is Cc1cc(C(C)(C)O)ccc1S(=O)NC(=O)C1CC(C)(C)c2cc(F)cc(C(C)C)c21. The van der Waals surface area contributed by atoms with Crippen LogP contribution in [0.2, 0.25) is 0 Å². The van der Waals surface area contributed by atoms with Crippen LogP contribution < -0.4 is 4.72 Å². The second kappa shape index (κ2) is 8.14. The number of carbonyl (C=O) groups excluding carboxylic acids is 1. The number of benzene rings is 2. The number of amides is 1. The topological polar surface area (TPSA) is 66.4 Å². The number of nitrogens with one attached hydrogen (secondary N) is 1. The fraction of sp³-hybridized carbons (Fsp3) is 0.480. The molecule has 4 nitrogen and oxygen atoms in total. The van der Waals surface area contributed by atoms with Gasteiger partial charge in [-0.1, -0.05) is 39.8 Å². The molecule has 2 N–H and O–H groups in total. The zero-order valence-electron chi connectivity index (χ0n) is 19.3. The van der Waals surface area contributed by atoms with Gasteiger partial charge in [0.15, 0.2) is 11.0 Å². The van der Waals surface area contributed by atoms with Crippen LogP contribution in [0.4, 0.5) is 4.39 Å². The first kappa shape index (κ1) is 23.6. The molecule has 0 saturated heterocycles. The van der Waals surface area contributed by atoms with Crippen LogP contribution in [-0.4, -0.2) is 15.2 Å². The molecular weight excluding hydrogens is 413 g/mol. The van der Waals surface area contributed by atoms with Gasteiger partial charge in [0, 0.05) is 0 Å². The Hall–Kier alpha value is -2.05. The molecule has 0 bridgehead atoms. The largest absolute Gasteiger partial charge is 0.386 e. The Morgan fingerprint density at radius 2 is 1.90 bits per heavy atom. The fourth-order valence-corrected chi connectivity index (χ4v) is 5.45. The van der Waals surface area contributed by atoms with E-state index in [4.69, 9.17) is 0 Å². The summed E-state index contributed by atoms with van der Waals surface area (Å²) in [6, 6.07) is 8.24.